The van der Waals surface area contributed by atoms with Gasteiger partial charge in [-0.25, -0.2) is 0 Å². The van der Waals surface area contributed by atoms with Gasteiger partial charge >= 0.3 is 0 Å². The van der Waals surface area contributed by atoms with E-state index in [-0.39, 0.29) is 23.3 Å². The van der Waals surface area contributed by atoms with Gasteiger partial charge in [0.05, 0.1) is 23.6 Å². The first-order valence-electron chi connectivity index (χ1n) is 12.9. The van der Waals surface area contributed by atoms with Crippen molar-refractivity contribution >= 4 is 17.6 Å². The summed E-state index contributed by atoms with van der Waals surface area (Å²) in [4.78, 5) is 18.7. The molecule has 2 aromatic carbocycles. The highest BCUT2D eigenvalue weighted by molar-refractivity contribution is 5.84. The Hall–Kier alpha value is -3.87. The fourth-order valence-corrected chi connectivity index (χ4v) is 5.76. The van der Waals surface area contributed by atoms with Gasteiger partial charge in [-0.2, -0.15) is 0 Å². The van der Waals surface area contributed by atoms with Crippen LogP contribution in [0, 0.1) is 10.1 Å². The largest absolute Gasteiger partial charge is 0.493 e. The normalized spacial score (nSPS) is 23.7. The maximum absolute atomic E-state index is 11.4. The zero-order chi connectivity index (χ0) is 25.7. The molecular formula is C30H31N3O4. The Morgan fingerprint density at radius 3 is 2.70 bits per heavy atom. The molecule has 1 saturated carbocycles. The van der Waals surface area contributed by atoms with Crippen LogP contribution < -0.4 is 4.90 Å². The molecule has 0 spiro atoms. The minimum atomic E-state index is -0.487. The number of nitrogens with zero attached hydrogens (tertiary/aromatic N) is 3. The lowest BCUT2D eigenvalue weighted by Crippen LogP contribution is -2.35. The predicted molar refractivity (Wildman–Crippen MR) is 144 cm³/mol. The smallest absolute Gasteiger partial charge is 0.270 e. The molecule has 190 valence electrons. The summed E-state index contributed by atoms with van der Waals surface area (Å²) in [6.07, 6.45) is 8.66. The molecule has 0 aromatic heterocycles. The molecule has 0 saturated heterocycles. The number of methoxy groups -OCH3 is 1. The Bertz CT molecular complexity index is 1410. The van der Waals surface area contributed by atoms with Crippen LogP contribution in [0.3, 0.4) is 0 Å². The van der Waals surface area contributed by atoms with E-state index < -0.39 is 5.54 Å². The summed E-state index contributed by atoms with van der Waals surface area (Å²) in [6, 6.07) is 14.0. The van der Waals surface area contributed by atoms with Gasteiger partial charge in [0.15, 0.2) is 5.76 Å². The Morgan fingerprint density at radius 2 is 1.97 bits per heavy atom. The lowest BCUT2D eigenvalue weighted by atomic mass is 9.81. The van der Waals surface area contributed by atoms with Crippen LogP contribution in [-0.2, 0) is 28.9 Å². The fourth-order valence-electron chi connectivity index (χ4n) is 5.76. The van der Waals surface area contributed by atoms with E-state index in [1.807, 2.05) is 13.0 Å². The van der Waals surface area contributed by atoms with E-state index in [1.165, 1.54) is 28.1 Å². The van der Waals surface area contributed by atoms with Gasteiger partial charge in [-0.15, -0.1) is 0 Å². The monoisotopic (exact) mass is 497 g/mol. The standard InChI is InChI=1S/C30H31N3O4/c1-4-19-11-20(13-23(12-19)33(34)35)18-37-28-16-30(2)25(15-27(28)36-3)29(21-9-10-21)32-24(17-31-30)14-22-7-5-6-8-26(22)32/h5-8,11-13,15,17,24H,4,9-10,14,16,18H2,1-3H3/t24-,30?/m0/s1. The quantitative estimate of drug-likeness (QED) is 0.352. The summed E-state index contributed by atoms with van der Waals surface area (Å²) in [5.74, 6) is 1.41. The molecule has 2 aliphatic carbocycles. The van der Waals surface area contributed by atoms with Crippen molar-refractivity contribution in [3.8, 4) is 0 Å². The maximum Gasteiger partial charge on any atom is 0.270 e. The van der Waals surface area contributed by atoms with Crippen molar-refractivity contribution in [2.45, 2.75) is 64.1 Å². The van der Waals surface area contributed by atoms with E-state index in [9.17, 15) is 10.1 Å². The maximum atomic E-state index is 11.4. The van der Waals surface area contributed by atoms with E-state index in [0.29, 0.717) is 12.2 Å². The minimum Gasteiger partial charge on any atom is -0.493 e. The third kappa shape index (κ3) is 4.12. The molecule has 0 bridgehead atoms. The first-order valence-corrected chi connectivity index (χ1v) is 12.9. The van der Waals surface area contributed by atoms with E-state index in [2.05, 4.69) is 48.4 Å². The first kappa shape index (κ1) is 23.5. The Kier molecular flexibility index (Phi) is 5.66. The average molecular weight is 498 g/mol. The molecule has 7 heteroatoms. The lowest BCUT2D eigenvalue weighted by Gasteiger charge is -2.36. The Morgan fingerprint density at radius 1 is 1.19 bits per heavy atom. The van der Waals surface area contributed by atoms with Crippen LogP contribution in [0.2, 0.25) is 0 Å². The van der Waals surface area contributed by atoms with Crippen LogP contribution in [0.4, 0.5) is 11.4 Å². The number of benzene rings is 2. The van der Waals surface area contributed by atoms with Crippen molar-refractivity contribution in [2.75, 3.05) is 12.0 Å². The number of hydrogen-bond acceptors (Lipinski definition) is 6. The fraction of sp³-hybridized carbons (Fsp3) is 0.367. The number of aliphatic imine (C=N–C) groups is 1. The number of aryl methyl sites for hydroxylation is 1. The second-order valence-corrected chi connectivity index (χ2v) is 10.4. The van der Waals surface area contributed by atoms with Crippen LogP contribution in [0.5, 0.6) is 0 Å². The molecule has 0 radical (unpaired) electrons. The van der Waals surface area contributed by atoms with Crippen LogP contribution in [0.15, 0.2) is 81.9 Å². The summed E-state index contributed by atoms with van der Waals surface area (Å²) < 4.78 is 12.1. The van der Waals surface area contributed by atoms with Gasteiger partial charge in [0.1, 0.15) is 12.4 Å². The second kappa shape index (κ2) is 8.91. The summed E-state index contributed by atoms with van der Waals surface area (Å²) in [6.45, 7) is 4.39. The zero-order valence-electron chi connectivity index (χ0n) is 21.5. The van der Waals surface area contributed by atoms with Crippen molar-refractivity contribution < 1.29 is 14.4 Å². The predicted octanol–water partition coefficient (Wildman–Crippen LogP) is 6.18. The third-order valence-electron chi connectivity index (χ3n) is 7.80. The molecule has 0 amide bonds. The molecule has 2 aromatic rings. The minimum absolute atomic E-state index is 0.0895. The third-order valence-corrected chi connectivity index (χ3v) is 7.80. The molecule has 6 rings (SSSR count). The number of anilines is 1. The van der Waals surface area contributed by atoms with Gasteiger partial charge < -0.3 is 14.4 Å². The highest BCUT2D eigenvalue weighted by Gasteiger charge is 2.46. The zero-order valence-corrected chi connectivity index (χ0v) is 21.5. The number of rotatable bonds is 6. The number of para-hydroxylation sites is 1. The summed E-state index contributed by atoms with van der Waals surface area (Å²) in [5, 5.41) is 11.4. The van der Waals surface area contributed by atoms with Gasteiger partial charge in [-0.3, -0.25) is 15.1 Å². The number of non-ortho nitro benzene ring substituents is 1. The van der Waals surface area contributed by atoms with Crippen molar-refractivity contribution in [3.63, 3.8) is 0 Å². The van der Waals surface area contributed by atoms with Gasteiger partial charge in [0, 0.05) is 48.1 Å². The number of fused-ring (bicyclic) bond motifs is 4. The van der Waals surface area contributed by atoms with Gasteiger partial charge in [0.25, 0.3) is 5.69 Å². The first-order chi connectivity index (χ1) is 17.9. The molecule has 0 N–H and O–H groups in total. The van der Waals surface area contributed by atoms with E-state index in [1.54, 1.807) is 19.2 Å². The molecule has 1 unspecified atom stereocenters. The summed E-state index contributed by atoms with van der Waals surface area (Å²) in [5.41, 5.74) is 7.84. The Labute approximate surface area is 217 Å². The summed E-state index contributed by atoms with van der Waals surface area (Å²) >= 11 is 0. The van der Waals surface area contributed by atoms with Crippen molar-refractivity contribution in [1.82, 2.24) is 0 Å². The highest BCUT2D eigenvalue weighted by Crippen LogP contribution is 2.51. The molecular weight excluding hydrogens is 466 g/mol. The van der Waals surface area contributed by atoms with Crippen LogP contribution >= 0.6 is 0 Å². The molecule has 37 heavy (non-hydrogen) atoms. The molecule has 2 aliphatic heterocycles. The lowest BCUT2D eigenvalue weighted by molar-refractivity contribution is -0.385. The molecule has 1 fully saturated rings. The van der Waals surface area contributed by atoms with E-state index in [4.69, 9.17) is 14.5 Å². The Balaban J connectivity index is 1.37. The van der Waals surface area contributed by atoms with Gasteiger partial charge in [0.2, 0.25) is 0 Å². The SMILES string of the molecule is CCc1cc(COC2=C(OC)C=C3C(=C4CC4)N4c5ccccc5C[C@H]4C=NC3(C)C2)cc([N+](=O)[O-])c1. The van der Waals surface area contributed by atoms with Crippen LogP contribution in [-0.4, -0.2) is 29.8 Å². The number of allylic oxidation sites excluding steroid dienone is 2. The molecule has 2 heterocycles. The number of hydrogen-bond donors (Lipinski definition) is 0. The van der Waals surface area contributed by atoms with Gasteiger partial charge in [-0.1, -0.05) is 31.2 Å². The van der Waals surface area contributed by atoms with E-state index in [0.717, 1.165) is 42.6 Å². The molecule has 7 nitrogen and oxygen atoms in total. The molecule has 2 atom stereocenters. The van der Waals surface area contributed by atoms with Crippen molar-refractivity contribution in [2.24, 2.45) is 4.99 Å². The number of ether oxygens (including phenoxy) is 2. The van der Waals surface area contributed by atoms with Gasteiger partial charge in [-0.05, 0) is 60.6 Å². The number of nitro groups is 1. The summed E-state index contributed by atoms with van der Waals surface area (Å²) in [7, 11) is 1.67. The average Bonchev–Trinajstić information content (AvgIpc) is 3.69. The second-order valence-electron chi connectivity index (χ2n) is 10.4. The van der Waals surface area contributed by atoms with Crippen molar-refractivity contribution in [1.29, 1.82) is 0 Å². The van der Waals surface area contributed by atoms with Crippen LogP contribution in [0.1, 0.15) is 49.8 Å². The number of nitro benzene ring substituents is 1. The van der Waals surface area contributed by atoms with Crippen molar-refractivity contribution in [3.05, 3.63) is 104 Å². The van der Waals surface area contributed by atoms with Crippen LogP contribution in [0.25, 0.3) is 0 Å². The topological polar surface area (TPSA) is 77.2 Å². The molecule has 4 aliphatic rings. The van der Waals surface area contributed by atoms with E-state index >= 15 is 0 Å². The highest BCUT2D eigenvalue weighted by atomic mass is 16.6.